The maximum atomic E-state index is 11.5. The number of aryl methyl sites for hydroxylation is 1. The lowest BCUT2D eigenvalue weighted by Crippen LogP contribution is -2.09. The van der Waals surface area contributed by atoms with Crippen molar-refractivity contribution < 1.29 is 4.79 Å². The number of hydrogen-bond acceptors (Lipinski definition) is 2. The normalized spacial score (nSPS) is 17.1. The molecule has 0 radical (unpaired) electrons. The number of nitrogens with zero attached hydrogens (tertiary/aromatic N) is 1. The average molecular weight is 274 g/mol. The first-order valence-corrected chi connectivity index (χ1v) is 6.66. The quantitative estimate of drug-likeness (QED) is 0.813. The molecule has 0 bridgehead atoms. The zero-order valence-electron chi connectivity index (χ0n) is 10.9. The SMILES string of the molecule is CC(=O)C1=CC(CCc2ccccc2)=C/C(=N/Cl)C1. The minimum Gasteiger partial charge on any atom is -0.295 e. The lowest BCUT2D eigenvalue weighted by atomic mass is 9.92. The zero-order valence-corrected chi connectivity index (χ0v) is 11.7. The summed E-state index contributed by atoms with van der Waals surface area (Å²) in [5.41, 5.74) is 3.94. The van der Waals surface area contributed by atoms with Crippen molar-refractivity contribution in [2.24, 2.45) is 4.51 Å². The lowest BCUT2D eigenvalue weighted by Gasteiger charge is -2.13. The second-order valence-corrected chi connectivity index (χ2v) is 4.85. The molecule has 0 heterocycles. The van der Waals surface area contributed by atoms with Gasteiger partial charge in [0, 0.05) is 23.8 Å². The van der Waals surface area contributed by atoms with Crippen molar-refractivity contribution in [3.05, 3.63) is 59.2 Å². The number of ketones is 1. The number of carbonyl (C=O) groups excluding carboxylic acids is 1. The first-order chi connectivity index (χ1) is 9.19. The Labute approximate surface area is 118 Å². The molecule has 3 heteroatoms. The van der Waals surface area contributed by atoms with Gasteiger partial charge in [0.25, 0.3) is 0 Å². The zero-order chi connectivity index (χ0) is 13.7. The molecule has 0 unspecified atom stereocenters. The van der Waals surface area contributed by atoms with Crippen LogP contribution in [0.25, 0.3) is 0 Å². The molecule has 19 heavy (non-hydrogen) atoms. The molecule has 2 nitrogen and oxygen atoms in total. The molecule has 1 aromatic carbocycles. The van der Waals surface area contributed by atoms with E-state index in [1.54, 1.807) is 6.92 Å². The maximum Gasteiger partial charge on any atom is 0.156 e. The fourth-order valence-corrected chi connectivity index (χ4v) is 2.24. The molecule has 0 saturated carbocycles. The van der Waals surface area contributed by atoms with Gasteiger partial charge in [-0.15, -0.1) is 0 Å². The summed E-state index contributed by atoms with van der Waals surface area (Å²) >= 11 is 5.54. The molecule has 0 fully saturated rings. The number of halogens is 1. The van der Waals surface area contributed by atoms with Crippen LogP contribution in [0.4, 0.5) is 0 Å². The first kappa shape index (κ1) is 13.8. The minimum absolute atomic E-state index is 0.0862. The molecular formula is C16H16ClNO. The Bertz CT molecular complexity index is 555. The van der Waals surface area contributed by atoms with Crippen molar-refractivity contribution in [2.75, 3.05) is 0 Å². The lowest BCUT2D eigenvalue weighted by molar-refractivity contribution is -0.113. The molecule has 0 saturated heterocycles. The van der Waals surface area contributed by atoms with E-state index in [1.807, 2.05) is 30.4 Å². The molecular weight excluding hydrogens is 258 g/mol. The van der Waals surface area contributed by atoms with Crippen molar-refractivity contribution in [3.8, 4) is 0 Å². The number of Topliss-reactive ketones (excluding diaryl/α,β-unsaturated/α-hetero) is 1. The Kier molecular flexibility index (Phi) is 4.69. The number of carbonyl (C=O) groups is 1. The van der Waals surface area contributed by atoms with Crippen LogP contribution in [0.1, 0.15) is 25.3 Å². The number of allylic oxidation sites excluding steroid dienone is 4. The first-order valence-electron chi connectivity index (χ1n) is 6.33. The van der Waals surface area contributed by atoms with Crippen molar-refractivity contribution in [2.45, 2.75) is 26.2 Å². The van der Waals surface area contributed by atoms with Crippen LogP contribution < -0.4 is 0 Å². The van der Waals surface area contributed by atoms with Gasteiger partial charge in [-0.25, -0.2) is 0 Å². The summed E-state index contributed by atoms with van der Waals surface area (Å²) in [4.78, 5) is 11.5. The smallest absolute Gasteiger partial charge is 0.156 e. The van der Waals surface area contributed by atoms with E-state index in [0.717, 1.165) is 29.7 Å². The van der Waals surface area contributed by atoms with E-state index >= 15 is 0 Å². The van der Waals surface area contributed by atoms with Crippen molar-refractivity contribution in [1.82, 2.24) is 0 Å². The van der Waals surface area contributed by atoms with Crippen LogP contribution in [-0.2, 0) is 11.2 Å². The summed E-state index contributed by atoms with van der Waals surface area (Å²) in [7, 11) is 0. The van der Waals surface area contributed by atoms with Gasteiger partial charge in [-0.2, -0.15) is 4.51 Å². The summed E-state index contributed by atoms with van der Waals surface area (Å²) in [5, 5.41) is 0. The van der Waals surface area contributed by atoms with Gasteiger partial charge < -0.3 is 0 Å². The van der Waals surface area contributed by atoms with E-state index in [4.69, 9.17) is 11.8 Å². The number of benzene rings is 1. The van der Waals surface area contributed by atoms with Gasteiger partial charge in [0.05, 0.1) is 5.71 Å². The summed E-state index contributed by atoms with van der Waals surface area (Å²) in [6.07, 6.45) is 6.31. The van der Waals surface area contributed by atoms with Crippen LogP contribution in [0.5, 0.6) is 0 Å². The molecule has 1 aromatic rings. The second-order valence-electron chi connectivity index (χ2n) is 4.68. The molecule has 1 aliphatic rings. The highest BCUT2D eigenvalue weighted by Gasteiger charge is 2.14. The molecule has 2 rings (SSSR count). The van der Waals surface area contributed by atoms with Gasteiger partial charge in [-0.05, 0) is 37.0 Å². The van der Waals surface area contributed by atoms with Crippen LogP contribution in [0.3, 0.4) is 0 Å². The highest BCUT2D eigenvalue weighted by molar-refractivity contribution is 6.23. The predicted molar refractivity (Wildman–Crippen MR) is 79.5 cm³/mol. The van der Waals surface area contributed by atoms with E-state index in [-0.39, 0.29) is 5.78 Å². The van der Waals surface area contributed by atoms with Crippen LogP contribution in [0.15, 0.2) is 58.1 Å². The highest BCUT2D eigenvalue weighted by Crippen LogP contribution is 2.21. The standard InChI is InChI=1S/C16H16ClNO/c1-12(19)15-9-14(10-16(11-15)18-17)8-7-13-5-3-2-4-6-13/h2-6,9-10H,7-8,11H2,1H3/b18-16-. The van der Waals surface area contributed by atoms with Gasteiger partial charge in [0.2, 0.25) is 0 Å². The third-order valence-electron chi connectivity index (χ3n) is 3.19. The molecule has 98 valence electrons. The monoisotopic (exact) mass is 273 g/mol. The molecule has 0 spiro atoms. The van der Waals surface area contributed by atoms with Gasteiger partial charge in [0.1, 0.15) is 0 Å². The van der Waals surface area contributed by atoms with Gasteiger partial charge in [0.15, 0.2) is 5.78 Å². The molecule has 0 N–H and O–H groups in total. The van der Waals surface area contributed by atoms with Gasteiger partial charge >= 0.3 is 0 Å². The Balaban J connectivity index is 2.10. The Morgan fingerprint density at radius 2 is 1.95 bits per heavy atom. The summed E-state index contributed by atoms with van der Waals surface area (Å²) in [6, 6.07) is 10.3. The molecule has 0 aromatic heterocycles. The Hall–Kier alpha value is -1.67. The number of hydrogen-bond donors (Lipinski definition) is 0. The molecule has 1 aliphatic carbocycles. The van der Waals surface area contributed by atoms with Crippen molar-refractivity contribution in [3.63, 3.8) is 0 Å². The largest absolute Gasteiger partial charge is 0.295 e. The van der Waals surface area contributed by atoms with Crippen molar-refractivity contribution >= 4 is 23.3 Å². The molecule has 0 aliphatic heterocycles. The highest BCUT2D eigenvalue weighted by atomic mass is 35.5. The third kappa shape index (κ3) is 3.90. The fourth-order valence-electron chi connectivity index (χ4n) is 2.13. The molecule has 0 amide bonds. The van der Waals surface area contributed by atoms with Crippen LogP contribution >= 0.6 is 11.8 Å². The van der Waals surface area contributed by atoms with E-state index in [9.17, 15) is 4.79 Å². The Morgan fingerprint density at radius 1 is 1.21 bits per heavy atom. The van der Waals surface area contributed by atoms with Crippen molar-refractivity contribution in [1.29, 1.82) is 0 Å². The number of rotatable bonds is 4. The molecule has 0 atom stereocenters. The average Bonchev–Trinajstić information content (AvgIpc) is 2.45. The summed E-state index contributed by atoms with van der Waals surface area (Å²) in [5.74, 6) is 0.0862. The second kappa shape index (κ2) is 6.48. The van der Waals surface area contributed by atoms with Gasteiger partial charge in [-0.1, -0.05) is 36.4 Å². The minimum atomic E-state index is 0.0862. The van der Waals surface area contributed by atoms with Crippen LogP contribution in [0, 0.1) is 0 Å². The van der Waals surface area contributed by atoms with Gasteiger partial charge in [-0.3, -0.25) is 4.79 Å². The third-order valence-corrected chi connectivity index (χ3v) is 3.41. The Morgan fingerprint density at radius 3 is 2.58 bits per heavy atom. The maximum absolute atomic E-state index is 11.5. The fraction of sp³-hybridized carbons (Fsp3) is 0.250. The van der Waals surface area contributed by atoms with E-state index in [1.165, 1.54) is 5.56 Å². The summed E-state index contributed by atoms with van der Waals surface area (Å²) in [6.45, 7) is 1.58. The predicted octanol–water partition coefficient (Wildman–Crippen LogP) is 4.06. The van der Waals surface area contributed by atoms with Crippen LogP contribution in [-0.4, -0.2) is 11.5 Å². The van der Waals surface area contributed by atoms with E-state index in [0.29, 0.717) is 6.42 Å². The van der Waals surface area contributed by atoms with Crippen LogP contribution in [0.2, 0.25) is 0 Å². The topological polar surface area (TPSA) is 29.4 Å². The van der Waals surface area contributed by atoms with E-state index in [2.05, 4.69) is 16.6 Å². The summed E-state index contributed by atoms with van der Waals surface area (Å²) < 4.78 is 3.70. The van der Waals surface area contributed by atoms with E-state index < -0.39 is 0 Å².